The zero-order chi connectivity index (χ0) is 12.3. The maximum absolute atomic E-state index is 8.68. The second-order valence-corrected chi connectivity index (χ2v) is 3.77. The molecule has 0 atom stereocenters. The highest BCUT2D eigenvalue weighted by molar-refractivity contribution is 6.29. The summed E-state index contributed by atoms with van der Waals surface area (Å²) in [6, 6.07) is 12.3. The molecule has 0 saturated heterocycles. The van der Waals surface area contributed by atoms with Crippen LogP contribution in [0.25, 0.3) is 0 Å². The van der Waals surface area contributed by atoms with Gasteiger partial charge in [0, 0.05) is 5.69 Å². The molecular formula is C12H9ClN4. The van der Waals surface area contributed by atoms with Crippen LogP contribution in [0.3, 0.4) is 0 Å². The molecule has 2 aromatic rings. The Kier molecular flexibility index (Phi) is 3.12. The summed E-state index contributed by atoms with van der Waals surface area (Å²) < 4.78 is 0. The van der Waals surface area contributed by atoms with Gasteiger partial charge in [-0.3, -0.25) is 0 Å². The Hall–Kier alpha value is -2.25. The molecule has 0 fully saturated rings. The van der Waals surface area contributed by atoms with Gasteiger partial charge < -0.3 is 11.1 Å². The monoisotopic (exact) mass is 244 g/mol. The van der Waals surface area contributed by atoms with Crippen molar-refractivity contribution in [3.05, 3.63) is 47.1 Å². The number of nitrogens with one attached hydrogen (secondary N) is 1. The van der Waals surface area contributed by atoms with E-state index in [1.165, 1.54) is 0 Å². The van der Waals surface area contributed by atoms with Crippen molar-refractivity contribution in [2.45, 2.75) is 0 Å². The third-order valence-corrected chi connectivity index (χ3v) is 2.38. The SMILES string of the molecule is N#Cc1ccc(Nc2nc(Cl)ccc2N)cc1. The van der Waals surface area contributed by atoms with E-state index in [9.17, 15) is 0 Å². The minimum Gasteiger partial charge on any atom is -0.396 e. The number of benzene rings is 1. The molecule has 1 heterocycles. The molecular weight excluding hydrogens is 236 g/mol. The van der Waals surface area contributed by atoms with Crippen LogP contribution >= 0.6 is 11.6 Å². The number of hydrogen-bond acceptors (Lipinski definition) is 4. The molecule has 0 aliphatic heterocycles. The zero-order valence-electron chi connectivity index (χ0n) is 8.81. The Balaban J connectivity index is 2.25. The van der Waals surface area contributed by atoms with Crippen molar-refractivity contribution >= 4 is 28.8 Å². The van der Waals surface area contributed by atoms with Crippen molar-refractivity contribution in [1.82, 2.24) is 4.98 Å². The van der Waals surface area contributed by atoms with Crippen molar-refractivity contribution in [1.29, 1.82) is 5.26 Å². The number of rotatable bonds is 2. The lowest BCUT2D eigenvalue weighted by Gasteiger charge is -2.08. The minimum atomic E-state index is 0.371. The highest BCUT2D eigenvalue weighted by atomic mass is 35.5. The van der Waals surface area contributed by atoms with Gasteiger partial charge in [-0.05, 0) is 36.4 Å². The average Bonchev–Trinajstić information content (AvgIpc) is 2.35. The number of nitrogens with zero attached hydrogens (tertiary/aromatic N) is 2. The van der Waals surface area contributed by atoms with E-state index in [0.717, 1.165) is 5.69 Å². The van der Waals surface area contributed by atoms with Crippen LogP contribution in [0.4, 0.5) is 17.2 Å². The summed E-state index contributed by atoms with van der Waals surface area (Å²) in [7, 11) is 0. The molecule has 5 heteroatoms. The molecule has 1 aromatic carbocycles. The van der Waals surface area contributed by atoms with Gasteiger partial charge >= 0.3 is 0 Å². The Morgan fingerprint density at radius 1 is 1.18 bits per heavy atom. The van der Waals surface area contributed by atoms with E-state index in [-0.39, 0.29) is 0 Å². The molecule has 3 N–H and O–H groups in total. The smallest absolute Gasteiger partial charge is 0.155 e. The summed E-state index contributed by atoms with van der Waals surface area (Å²) in [4.78, 5) is 4.07. The number of nitriles is 1. The van der Waals surface area contributed by atoms with Crippen LogP contribution in [0.2, 0.25) is 5.15 Å². The first kappa shape index (κ1) is 11.2. The van der Waals surface area contributed by atoms with Crippen LogP contribution in [0.1, 0.15) is 5.56 Å². The first-order valence-corrected chi connectivity index (χ1v) is 5.26. The molecule has 0 saturated carbocycles. The van der Waals surface area contributed by atoms with Gasteiger partial charge in [-0.15, -0.1) is 0 Å². The van der Waals surface area contributed by atoms with Gasteiger partial charge in [0.15, 0.2) is 5.82 Å². The average molecular weight is 245 g/mol. The molecule has 0 aliphatic rings. The van der Waals surface area contributed by atoms with E-state index < -0.39 is 0 Å². The lowest BCUT2D eigenvalue weighted by Crippen LogP contribution is -1.99. The lowest BCUT2D eigenvalue weighted by atomic mass is 10.2. The van der Waals surface area contributed by atoms with Crippen LogP contribution in [-0.4, -0.2) is 4.98 Å². The second-order valence-electron chi connectivity index (χ2n) is 3.39. The van der Waals surface area contributed by atoms with Crippen molar-refractivity contribution in [3.63, 3.8) is 0 Å². The minimum absolute atomic E-state index is 0.371. The number of halogens is 1. The summed E-state index contributed by atoms with van der Waals surface area (Å²) >= 11 is 5.78. The number of hydrogen-bond donors (Lipinski definition) is 2. The van der Waals surface area contributed by atoms with Crippen molar-refractivity contribution in [3.8, 4) is 6.07 Å². The van der Waals surface area contributed by atoms with Crippen LogP contribution in [0.15, 0.2) is 36.4 Å². The van der Waals surface area contributed by atoms with E-state index >= 15 is 0 Å². The van der Waals surface area contributed by atoms with Gasteiger partial charge in [0.25, 0.3) is 0 Å². The maximum atomic E-state index is 8.68. The fourth-order valence-electron chi connectivity index (χ4n) is 1.31. The maximum Gasteiger partial charge on any atom is 0.155 e. The van der Waals surface area contributed by atoms with Crippen LogP contribution < -0.4 is 11.1 Å². The van der Waals surface area contributed by atoms with Gasteiger partial charge in [-0.2, -0.15) is 5.26 Å². The topological polar surface area (TPSA) is 74.7 Å². The largest absolute Gasteiger partial charge is 0.396 e. The van der Waals surface area contributed by atoms with E-state index in [0.29, 0.717) is 22.2 Å². The molecule has 0 aliphatic carbocycles. The van der Waals surface area contributed by atoms with Gasteiger partial charge in [-0.1, -0.05) is 11.6 Å². The third-order valence-electron chi connectivity index (χ3n) is 2.17. The molecule has 0 bridgehead atoms. The lowest BCUT2D eigenvalue weighted by molar-refractivity contribution is 1.31. The fraction of sp³-hybridized carbons (Fsp3) is 0. The zero-order valence-corrected chi connectivity index (χ0v) is 9.57. The number of anilines is 3. The molecule has 2 rings (SSSR count). The summed E-state index contributed by atoms with van der Waals surface area (Å²) in [5, 5.41) is 12.1. The fourth-order valence-corrected chi connectivity index (χ4v) is 1.46. The Labute approximate surface area is 104 Å². The molecule has 4 nitrogen and oxygen atoms in total. The molecule has 0 spiro atoms. The predicted molar refractivity (Wildman–Crippen MR) is 68.1 cm³/mol. The van der Waals surface area contributed by atoms with Crippen molar-refractivity contribution < 1.29 is 0 Å². The highest BCUT2D eigenvalue weighted by Crippen LogP contribution is 2.22. The van der Waals surface area contributed by atoms with E-state index in [2.05, 4.69) is 10.3 Å². The normalized spacial score (nSPS) is 9.65. The Bertz CT molecular complexity index is 572. The molecule has 0 unspecified atom stereocenters. The molecule has 17 heavy (non-hydrogen) atoms. The first-order valence-electron chi connectivity index (χ1n) is 4.88. The van der Waals surface area contributed by atoms with Crippen molar-refractivity contribution in [2.24, 2.45) is 0 Å². The van der Waals surface area contributed by atoms with Gasteiger partial charge in [0.05, 0.1) is 17.3 Å². The summed E-state index contributed by atoms with van der Waals surface area (Å²) in [5.74, 6) is 0.502. The number of nitrogen functional groups attached to an aromatic ring is 1. The predicted octanol–water partition coefficient (Wildman–Crippen LogP) is 2.93. The van der Waals surface area contributed by atoms with Crippen molar-refractivity contribution in [2.75, 3.05) is 11.1 Å². The standard InChI is InChI=1S/C12H9ClN4/c13-11-6-5-10(15)12(17-11)16-9-3-1-8(7-14)2-4-9/h1-6H,15H2,(H,16,17). The summed E-state index contributed by atoms with van der Waals surface area (Å²) in [6.07, 6.45) is 0. The second kappa shape index (κ2) is 4.73. The first-order chi connectivity index (χ1) is 8.19. The molecule has 84 valence electrons. The molecule has 0 radical (unpaired) electrons. The number of nitrogens with two attached hydrogens (primary N) is 1. The van der Waals surface area contributed by atoms with Crippen LogP contribution in [0.5, 0.6) is 0 Å². The number of aromatic nitrogens is 1. The number of pyridine rings is 1. The highest BCUT2D eigenvalue weighted by Gasteiger charge is 2.02. The van der Waals surface area contributed by atoms with E-state index in [1.54, 1.807) is 36.4 Å². The quantitative estimate of drug-likeness (QED) is 0.797. The Morgan fingerprint density at radius 2 is 1.88 bits per heavy atom. The molecule has 0 amide bonds. The third kappa shape index (κ3) is 2.65. The van der Waals surface area contributed by atoms with Crippen LogP contribution in [-0.2, 0) is 0 Å². The van der Waals surface area contributed by atoms with Crippen LogP contribution in [0, 0.1) is 11.3 Å². The van der Waals surface area contributed by atoms with E-state index in [1.807, 2.05) is 6.07 Å². The van der Waals surface area contributed by atoms with Gasteiger partial charge in [0.1, 0.15) is 5.15 Å². The molecule has 1 aromatic heterocycles. The summed E-state index contributed by atoms with van der Waals surface area (Å²) in [6.45, 7) is 0. The van der Waals surface area contributed by atoms with Gasteiger partial charge in [-0.25, -0.2) is 4.98 Å². The van der Waals surface area contributed by atoms with Gasteiger partial charge in [0.2, 0.25) is 0 Å². The summed E-state index contributed by atoms with van der Waals surface area (Å²) in [5.41, 5.74) is 7.67. The Morgan fingerprint density at radius 3 is 2.53 bits per heavy atom. The van der Waals surface area contributed by atoms with E-state index in [4.69, 9.17) is 22.6 Å².